The van der Waals surface area contributed by atoms with Gasteiger partial charge in [-0.05, 0) is 41.8 Å². The molecule has 7 heteroatoms. The summed E-state index contributed by atoms with van der Waals surface area (Å²) in [4.78, 5) is 43.1. The molecule has 0 spiro atoms. The van der Waals surface area contributed by atoms with Gasteiger partial charge in [-0.3, -0.25) is 4.79 Å². The van der Waals surface area contributed by atoms with Crippen molar-refractivity contribution in [3.63, 3.8) is 0 Å². The molecule has 4 rings (SSSR count). The van der Waals surface area contributed by atoms with E-state index in [0.29, 0.717) is 29.6 Å². The molecule has 2 N–H and O–H groups in total. The van der Waals surface area contributed by atoms with Gasteiger partial charge in [-0.15, -0.1) is 0 Å². The van der Waals surface area contributed by atoms with E-state index < -0.39 is 5.97 Å². The lowest BCUT2D eigenvalue weighted by atomic mass is 10.1. The van der Waals surface area contributed by atoms with Gasteiger partial charge in [0.1, 0.15) is 0 Å². The van der Waals surface area contributed by atoms with Gasteiger partial charge in [-0.25, -0.2) is 9.59 Å². The Kier molecular flexibility index (Phi) is 3.84. The first-order chi connectivity index (χ1) is 12.6. The summed E-state index contributed by atoms with van der Waals surface area (Å²) in [6, 6.07) is 10.7. The van der Waals surface area contributed by atoms with Crippen LogP contribution < -0.4 is 10.6 Å². The Balaban J connectivity index is 1.60. The Morgan fingerprint density at radius 1 is 1.15 bits per heavy atom. The minimum Gasteiger partial charge on any atom is -0.465 e. The smallest absolute Gasteiger partial charge is 0.338 e. The molecule has 0 bridgehead atoms. The molecule has 1 amide bonds. The lowest BCUT2D eigenvalue weighted by Crippen LogP contribution is -2.30. The van der Waals surface area contributed by atoms with Gasteiger partial charge in [0.05, 0.1) is 30.1 Å². The molecule has 1 aliphatic rings. The maximum Gasteiger partial charge on any atom is 0.338 e. The van der Waals surface area contributed by atoms with Crippen LogP contribution in [0.5, 0.6) is 0 Å². The Morgan fingerprint density at radius 3 is 2.77 bits per heavy atom. The third-order valence-corrected chi connectivity index (χ3v) is 4.67. The number of amides is 1. The number of anilines is 1. The van der Waals surface area contributed by atoms with Crippen LogP contribution in [-0.4, -0.2) is 35.5 Å². The number of hydrogen-bond acceptors (Lipinski definition) is 4. The van der Waals surface area contributed by atoms with Gasteiger partial charge in [-0.2, -0.15) is 0 Å². The molecule has 0 fully saturated rings. The molecule has 2 heterocycles. The number of carbonyl (C=O) groups excluding carboxylic acids is 2. The number of hydrogen-bond donors (Lipinski definition) is 2. The largest absolute Gasteiger partial charge is 0.465 e. The molecule has 7 nitrogen and oxygen atoms in total. The van der Waals surface area contributed by atoms with Gasteiger partial charge in [-0.1, -0.05) is 12.1 Å². The van der Waals surface area contributed by atoms with Crippen LogP contribution in [0.4, 0.5) is 5.69 Å². The van der Waals surface area contributed by atoms with E-state index in [9.17, 15) is 14.4 Å². The third-order valence-electron chi connectivity index (χ3n) is 4.67. The fraction of sp³-hybridized carbons (Fsp3) is 0.211. The highest BCUT2D eigenvalue weighted by Gasteiger charge is 2.28. The van der Waals surface area contributed by atoms with E-state index in [-0.39, 0.29) is 18.0 Å². The lowest BCUT2D eigenvalue weighted by molar-refractivity contribution is -0.117. The number of benzene rings is 2. The van der Waals surface area contributed by atoms with Crippen LogP contribution in [0.3, 0.4) is 0 Å². The van der Waals surface area contributed by atoms with Gasteiger partial charge in [0, 0.05) is 12.2 Å². The van der Waals surface area contributed by atoms with Crippen LogP contribution >= 0.6 is 0 Å². The van der Waals surface area contributed by atoms with E-state index in [4.69, 9.17) is 4.74 Å². The average molecular weight is 351 g/mol. The number of aromatic amines is 2. The van der Waals surface area contributed by atoms with Crippen molar-refractivity contribution in [1.29, 1.82) is 0 Å². The molecule has 1 aromatic heterocycles. The summed E-state index contributed by atoms with van der Waals surface area (Å²) in [5.41, 5.74) is 4.04. The summed E-state index contributed by atoms with van der Waals surface area (Å²) < 4.78 is 4.82. The highest BCUT2D eigenvalue weighted by atomic mass is 16.5. The van der Waals surface area contributed by atoms with Crippen LogP contribution in [0.1, 0.15) is 21.5 Å². The zero-order valence-corrected chi connectivity index (χ0v) is 14.2. The minimum absolute atomic E-state index is 0.0528. The van der Waals surface area contributed by atoms with Crippen molar-refractivity contribution in [3.05, 3.63) is 63.6 Å². The second-order valence-corrected chi connectivity index (χ2v) is 6.23. The first-order valence-corrected chi connectivity index (χ1v) is 8.28. The van der Waals surface area contributed by atoms with Crippen LogP contribution in [0.15, 0.2) is 41.2 Å². The van der Waals surface area contributed by atoms with Crippen LogP contribution in [0.25, 0.3) is 11.0 Å². The monoisotopic (exact) mass is 351 g/mol. The minimum atomic E-state index is -0.391. The zero-order chi connectivity index (χ0) is 18.3. The zero-order valence-electron chi connectivity index (χ0n) is 14.2. The maximum atomic E-state index is 12.8. The Labute approximate surface area is 148 Å². The number of esters is 1. The van der Waals surface area contributed by atoms with Crippen molar-refractivity contribution in [2.75, 3.05) is 18.6 Å². The number of aromatic nitrogens is 2. The van der Waals surface area contributed by atoms with Crippen molar-refractivity contribution in [3.8, 4) is 0 Å². The second kappa shape index (κ2) is 6.18. The van der Waals surface area contributed by atoms with Crippen molar-refractivity contribution in [1.82, 2.24) is 9.97 Å². The van der Waals surface area contributed by atoms with Crippen molar-refractivity contribution in [2.24, 2.45) is 0 Å². The molecule has 0 saturated heterocycles. The number of carbonyl (C=O) groups is 2. The number of rotatable bonds is 3. The molecule has 132 valence electrons. The Bertz CT molecular complexity index is 1080. The predicted molar refractivity (Wildman–Crippen MR) is 96.5 cm³/mol. The van der Waals surface area contributed by atoms with E-state index in [1.807, 2.05) is 12.1 Å². The number of imidazole rings is 1. The van der Waals surface area contributed by atoms with Crippen LogP contribution in [0, 0.1) is 0 Å². The summed E-state index contributed by atoms with van der Waals surface area (Å²) in [5, 5.41) is 0. The summed E-state index contributed by atoms with van der Waals surface area (Å²) in [5.74, 6) is -0.444. The predicted octanol–water partition coefficient (Wildman–Crippen LogP) is 1.77. The molecule has 0 aliphatic carbocycles. The number of ether oxygens (including phenoxy) is 1. The Hall–Kier alpha value is -3.35. The summed E-state index contributed by atoms with van der Waals surface area (Å²) >= 11 is 0. The molecule has 0 atom stereocenters. The summed E-state index contributed by atoms with van der Waals surface area (Å²) in [6.45, 7) is 0.533. The number of fused-ring (bicyclic) bond motifs is 2. The topological polar surface area (TPSA) is 95.3 Å². The number of H-pyrrole nitrogens is 2. The molecule has 1 aliphatic heterocycles. The number of methoxy groups -OCH3 is 1. The van der Waals surface area contributed by atoms with E-state index in [0.717, 1.165) is 16.8 Å². The van der Waals surface area contributed by atoms with E-state index >= 15 is 0 Å². The molecule has 0 unspecified atom stereocenters. The lowest BCUT2D eigenvalue weighted by Gasteiger charge is -2.18. The molecular formula is C19H17N3O4. The third kappa shape index (κ3) is 2.67. The van der Waals surface area contributed by atoms with Crippen molar-refractivity contribution < 1.29 is 14.3 Å². The number of nitrogens with one attached hydrogen (secondary N) is 2. The number of nitrogens with zero attached hydrogens (tertiary/aromatic N) is 1. The first-order valence-electron chi connectivity index (χ1n) is 8.28. The molecule has 0 radical (unpaired) electrons. The van der Waals surface area contributed by atoms with Gasteiger partial charge in [0.25, 0.3) is 0 Å². The normalized spacial score (nSPS) is 13.0. The molecular weight excluding hydrogens is 334 g/mol. The van der Waals surface area contributed by atoms with E-state index in [2.05, 4.69) is 9.97 Å². The highest BCUT2D eigenvalue weighted by Crippen LogP contribution is 2.31. The molecule has 3 aromatic rings. The van der Waals surface area contributed by atoms with Crippen molar-refractivity contribution >= 4 is 28.6 Å². The Morgan fingerprint density at radius 2 is 1.96 bits per heavy atom. The van der Waals surface area contributed by atoms with E-state index in [1.54, 1.807) is 29.2 Å². The van der Waals surface area contributed by atoms with Crippen LogP contribution in [-0.2, 0) is 22.4 Å². The summed E-state index contributed by atoms with van der Waals surface area (Å²) in [7, 11) is 1.35. The summed E-state index contributed by atoms with van der Waals surface area (Å²) in [6.07, 6.45) is 0.835. The standard InChI is InChI=1S/C19H17N3O4/c1-26-18(24)13-3-2-4-16-12(13)7-8-22(16)17(23)10-11-5-6-14-15(9-11)21-19(25)20-14/h2-6,9H,7-8,10H2,1H3,(H2,20,21,25). The van der Waals surface area contributed by atoms with Crippen molar-refractivity contribution in [2.45, 2.75) is 12.8 Å². The molecule has 2 aromatic carbocycles. The fourth-order valence-electron chi connectivity index (χ4n) is 3.45. The quantitative estimate of drug-likeness (QED) is 0.703. The SMILES string of the molecule is COC(=O)c1cccc2c1CCN2C(=O)Cc1ccc2[nH]c(=O)[nH]c2c1. The van der Waals surface area contributed by atoms with Gasteiger partial charge < -0.3 is 19.6 Å². The van der Waals surface area contributed by atoms with E-state index in [1.165, 1.54) is 7.11 Å². The maximum absolute atomic E-state index is 12.8. The van der Waals surface area contributed by atoms with Gasteiger partial charge in [0.15, 0.2) is 0 Å². The molecule has 0 saturated carbocycles. The van der Waals surface area contributed by atoms with Gasteiger partial charge >= 0.3 is 11.7 Å². The highest BCUT2D eigenvalue weighted by molar-refractivity contribution is 6.00. The second-order valence-electron chi connectivity index (χ2n) is 6.23. The molecule has 26 heavy (non-hydrogen) atoms. The van der Waals surface area contributed by atoms with Gasteiger partial charge in [0.2, 0.25) is 5.91 Å². The average Bonchev–Trinajstić information content (AvgIpc) is 3.22. The fourth-order valence-corrected chi connectivity index (χ4v) is 3.45. The van der Waals surface area contributed by atoms with Crippen LogP contribution in [0.2, 0.25) is 0 Å². The first kappa shape index (κ1) is 16.1.